The molecule has 0 atom stereocenters. The van der Waals surface area contributed by atoms with Gasteiger partial charge >= 0.3 is 5.63 Å². The lowest BCUT2D eigenvalue weighted by Gasteiger charge is -2.21. The fourth-order valence-electron chi connectivity index (χ4n) is 2.94. The molecule has 156 valence electrons. The van der Waals surface area contributed by atoms with Crippen molar-refractivity contribution in [1.82, 2.24) is 9.88 Å². The molecule has 0 fully saturated rings. The number of carbonyl (C=O) groups excluding carboxylic acids is 1. The number of hydrogen-bond acceptors (Lipinski definition) is 6. The molecule has 0 saturated heterocycles. The second-order valence-electron chi connectivity index (χ2n) is 6.85. The summed E-state index contributed by atoms with van der Waals surface area (Å²) in [4.78, 5) is 33.9. The van der Waals surface area contributed by atoms with Gasteiger partial charge in [-0.25, -0.2) is 9.78 Å². The van der Waals surface area contributed by atoms with E-state index in [0.717, 1.165) is 10.2 Å². The Morgan fingerprint density at radius 2 is 1.90 bits per heavy atom. The second kappa shape index (κ2) is 9.14. The van der Waals surface area contributed by atoms with Crippen LogP contribution in [-0.4, -0.2) is 43.0 Å². The standard InChI is InChI=1S/C21H18ClN3O3S.ClH/c1-24(2)9-10-25(21-23-16-8-7-14(22)12-18(16)29-21)19(26)15-11-13-5-3-4-6-17(13)28-20(15)27;/h3-8,11-12H,9-10H2,1-2H3;1H. The average Bonchev–Trinajstić information content (AvgIpc) is 3.09. The van der Waals surface area contributed by atoms with Crippen molar-refractivity contribution in [3.8, 4) is 0 Å². The number of thiazole rings is 1. The third-order valence-electron chi connectivity index (χ3n) is 4.46. The molecule has 0 bridgehead atoms. The van der Waals surface area contributed by atoms with E-state index in [0.29, 0.717) is 34.2 Å². The molecule has 0 radical (unpaired) electrons. The van der Waals surface area contributed by atoms with Crippen LogP contribution in [0.25, 0.3) is 21.2 Å². The molecule has 9 heteroatoms. The Balaban J connectivity index is 0.00000256. The molecule has 2 aromatic carbocycles. The SMILES string of the molecule is CN(C)CCN(C(=O)c1cc2ccccc2oc1=O)c1nc2ccc(Cl)cc2s1.Cl. The van der Waals surface area contributed by atoms with Crippen LogP contribution in [0.5, 0.6) is 0 Å². The molecule has 0 aliphatic carbocycles. The lowest BCUT2D eigenvalue weighted by atomic mass is 10.1. The molecule has 0 saturated carbocycles. The highest BCUT2D eigenvalue weighted by atomic mass is 35.5. The minimum atomic E-state index is -0.660. The van der Waals surface area contributed by atoms with E-state index in [-0.39, 0.29) is 18.0 Å². The van der Waals surface area contributed by atoms with Gasteiger partial charge in [-0.1, -0.05) is 41.1 Å². The maximum atomic E-state index is 13.4. The van der Waals surface area contributed by atoms with Crippen molar-refractivity contribution in [2.45, 2.75) is 0 Å². The number of rotatable bonds is 5. The summed E-state index contributed by atoms with van der Waals surface area (Å²) in [7, 11) is 3.84. The summed E-state index contributed by atoms with van der Waals surface area (Å²) in [6, 6.07) is 14.1. The van der Waals surface area contributed by atoms with Gasteiger partial charge in [0.1, 0.15) is 11.1 Å². The zero-order valence-electron chi connectivity index (χ0n) is 16.3. The van der Waals surface area contributed by atoms with Gasteiger partial charge < -0.3 is 9.32 Å². The molecular weight excluding hydrogens is 445 g/mol. The molecule has 6 nitrogen and oxygen atoms in total. The molecule has 30 heavy (non-hydrogen) atoms. The van der Waals surface area contributed by atoms with Gasteiger partial charge in [0, 0.05) is 23.5 Å². The van der Waals surface area contributed by atoms with Gasteiger partial charge in [-0.15, -0.1) is 12.4 Å². The van der Waals surface area contributed by atoms with Crippen LogP contribution < -0.4 is 10.5 Å². The smallest absolute Gasteiger partial charge is 0.349 e. The van der Waals surface area contributed by atoms with E-state index in [4.69, 9.17) is 16.0 Å². The Bertz CT molecular complexity index is 1270. The van der Waals surface area contributed by atoms with Gasteiger partial charge in [0.25, 0.3) is 5.91 Å². The van der Waals surface area contributed by atoms with Crippen LogP contribution in [0.2, 0.25) is 5.02 Å². The zero-order valence-corrected chi connectivity index (χ0v) is 18.7. The van der Waals surface area contributed by atoms with Crippen molar-refractivity contribution in [1.29, 1.82) is 0 Å². The van der Waals surface area contributed by atoms with E-state index in [9.17, 15) is 9.59 Å². The lowest BCUT2D eigenvalue weighted by Crippen LogP contribution is -2.38. The molecular formula is C21H19Cl2N3O3S. The van der Waals surface area contributed by atoms with Gasteiger partial charge in [-0.3, -0.25) is 9.69 Å². The van der Waals surface area contributed by atoms with Crippen molar-refractivity contribution >= 4 is 67.6 Å². The largest absolute Gasteiger partial charge is 0.422 e. The van der Waals surface area contributed by atoms with Crippen molar-refractivity contribution in [3.05, 3.63) is 69.5 Å². The first kappa shape index (κ1) is 22.2. The predicted octanol–water partition coefficient (Wildman–Crippen LogP) is 4.69. The van der Waals surface area contributed by atoms with E-state index < -0.39 is 11.5 Å². The first-order chi connectivity index (χ1) is 13.9. The van der Waals surface area contributed by atoms with E-state index in [1.807, 2.05) is 37.2 Å². The quantitative estimate of drug-likeness (QED) is 0.401. The van der Waals surface area contributed by atoms with Crippen molar-refractivity contribution in [3.63, 3.8) is 0 Å². The number of halogens is 2. The Kier molecular flexibility index (Phi) is 6.77. The Morgan fingerprint density at radius 1 is 1.13 bits per heavy atom. The number of nitrogens with zero attached hydrogens (tertiary/aromatic N) is 3. The van der Waals surface area contributed by atoms with E-state index in [2.05, 4.69) is 4.98 Å². The van der Waals surface area contributed by atoms with Crippen LogP contribution in [0.15, 0.2) is 57.7 Å². The number of para-hydroxylation sites is 1. The van der Waals surface area contributed by atoms with Crippen LogP contribution in [0.3, 0.4) is 0 Å². The zero-order chi connectivity index (χ0) is 20.5. The summed E-state index contributed by atoms with van der Waals surface area (Å²) in [6.07, 6.45) is 0. The molecule has 2 aromatic heterocycles. The second-order valence-corrected chi connectivity index (χ2v) is 8.30. The predicted molar refractivity (Wildman–Crippen MR) is 125 cm³/mol. The summed E-state index contributed by atoms with van der Waals surface area (Å²) >= 11 is 7.44. The van der Waals surface area contributed by atoms with Gasteiger partial charge in [-0.05, 0) is 44.4 Å². The highest BCUT2D eigenvalue weighted by Gasteiger charge is 2.25. The first-order valence-corrected chi connectivity index (χ1v) is 10.2. The molecule has 0 aliphatic heterocycles. The van der Waals surface area contributed by atoms with Crippen LogP contribution in [-0.2, 0) is 0 Å². The van der Waals surface area contributed by atoms with Gasteiger partial charge in [0.15, 0.2) is 5.13 Å². The molecule has 0 unspecified atom stereocenters. The maximum Gasteiger partial charge on any atom is 0.349 e. The molecule has 0 N–H and O–H groups in total. The minimum Gasteiger partial charge on any atom is -0.422 e. The minimum absolute atomic E-state index is 0. The van der Waals surface area contributed by atoms with Crippen molar-refractivity contribution in [2.24, 2.45) is 0 Å². The average molecular weight is 464 g/mol. The monoisotopic (exact) mass is 463 g/mol. The molecule has 4 rings (SSSR count). The Labute approximate surface area is 188 Å². The highest BCUT2D eigenvalue weighted by molar-refractivity contribution is 7.22. The third kappa shape index (κ3) is 4.49. The van der Waals surface area contributed by atoms with Crippen LogP contribution in [0.4, 0.5) is 5.13 Å². The first-order valence-electron chi connectivity index (χ1n) is 8.98. The fourth-order valence-corrected chi connectivity index (χ4v) is 4.21. The van der Waals surface area contributed by atoms with E-state index in [1.54, 1.807) is 30.3 Å². The van der Waals surface area contributed by atoms with Crippen molar-refractivity contribution < 1.29 is 9.21 Å². The van der Waals surface area contributed by atoms with Crippen LogP contribution >= 0.6 is 35.3 Å². The number of aromatic nitrogens is 1. The molecule has 1 amide bonds. The number of likely N-dealkylation sites (N-methyl/N-ethyl adjacent to an activating group) is 1. The van der Waals surface area contributed by atoms with Gasteiger partial charge in [0.2, 0.25) is 0 Å². The maximum absolute atomic E-state index is 13.4. The lowest BCUT2D eigenvalue weighted by molar-refractivity contribution is 0.0982. The van der Waals surface area contributed by atoms with E-state index in [1.165, 1.54) is 16.2 Å². The normalized spacial score (nSPS) is 11.1. The Morgan fingerprint density at radius 3 is 2.67 bits per heavy atom. The van der Waals surface area contributed by atoms with E-state index >= 15 is 0 Å². The number of hydrogen-bond donors (Lipinski definition) is 0. The molecule has 0 spiro atoms. The highest BCUT2D eigenvalue weighted by Crippen LogP contribution is 2.31. The number of fused-ring (bicyclic) bond motifs is 2. The number of amides is 1. The van der Waals surface area contributed by atoms with Crippen LogP contribution in [0.1, 0.15) is 10.4 Å². The summed E-state index contributed by atoms with van der Waals surface area (Å²) < 4.78 is 6.23. The van der Waals surface area contributed by atoms with Crippen LogP contribution in [0, 0.1) is 0 Å². The topological polar surface area (TPSA) is 66.7 Å². The number of benzene rings is 2. The van der Waals surface area contributed by atoms with Crippen molar-refractivity contribution in [2.75, 3.05) is 32.1 Å². The molecule has 4 aromatic rings. The summed E-state index contributed by atoms with van der Waals surface area (Å²) in [5, 5.41) is 1.81. The molecule has 2 heterocycles. The summed E-state index contributed by atoms with van der Waals surface area (Å²) in [5.41, 5.74) is 0.526. The fraction of sp³-hybridized carbons (Fsp3) is 0.190. The Hall–Kier alpha value is -2.45. The molecule has 0 aliphatic rings. The number of carbonyl (C=O) groups is 1. The third-order valence-corrected chi connectivity index (χ3v) is 5.73. The number of anilines is 1. The van der Waals surface area contributed by atoms with Gasteiger partial charge in [-0.2, -0.15) is 0 Å². The summed E-state index contributed by atoms with van der Waals surface area (Å²) in [5.74, 6) is -0.434. The summed E-state index contributed by atoms with van der Waals surface area (Å²) in [6.45, 7) is 0.993. The van der Waals surface area contributed by atoms with Gasteiger partial charge in [0.05, 0.1) is 10.2 Å².